The average molecular weight is 359 g/mol. The predicted octanol–water partition coefficient (Wildman–Crippen LogP) is 2.97. The summed E-state index contributed by atoms with van der Waals surface area (Å²) in [6.45, 7) is 2.36. The Morgan fingerprint density at radius 1 is 0.962 bits per heavy atom. The van der Waals surface area contributed by atoms with Gasteiger partial charge in [-0.05, 0) is 41.8 Å². The average Bonchev–Trinajstić information content (AvgIpc) is 2.69. The molecule has 1 amide bonds. The highest BCUT2D eigenvalue weighted by Crippen LogP contribution is 2.38. The molecule has 0 atom stereocenters. The summed E-state index contributed by atoms with van der Waals surface area (Å²) in [6, 6.07) is 11.3. The Bertz CT molecular complexity index is 720. The largest absolute Gasteiger partial charge is 0.493 e. The fourth-order valence-electron chi connectivity index (χ4n) is 2.49. The monoisotopic (exact) mass is 359 g/mol. The number of rotatable bonds is 9. The predicted molar refractivity (Wildman–Crippen MR) is 99.3 cm³/mol. The Kier molecular flexibility index (Phi) is 7.14. The van der Waals surface area contributed by atoms with Crippen LogP contribution in [0.2, 0.25) is 0 Å². The van der Waals surface area contributed by atoms with Crippen molar-refractivity contribution < 1.29 is 23.7 Å². The van der Waals surface area contributed by atoms with Crippen molar-refractivity contribution in [1.82, 2.24) is 5.32 Å². The third-order valence-electron chi connectivity index (χ3n) is 3.89. The summed E-state index contributed by atoms with van der Waals surface area (Å²) in [5.41, 5.74) is 2.00. The first-order valence-corrected chi connectivity index (χ1v) is 8.38. The zero-order chi connectivity index (χ0) is 18.9. The van der Waals surface area contributed by atoms with E-state index in [2.05, 4.69) is 12.2 Å². The van der Waals surface area contributed by atoms with Crippen LogP contribution in [0.4, 0.5) is 0 Å². The van der Waals surface area contributed by atoms with E-state index in [0.29, 0.717) is 29.5 Å². The van der Waals surface area contributed by atoms with Crippen molar-refractivity contribution >= 4 is 5.91 Å². The third kappa shape index (κ3) is 5.05. The number of methoxy groups -OCH3 is 3. The van der Waals surface area contributed by atoms with E-state index in [0.717, 1.165) is 12.0 Å². The van der Waals surface area contributed by atoms with Crippen molar-refractivity contribution in [2.75, 3.05) is 27.9 Å². The second kappa shape index (κ2) is 9.56. The molecule has 0 heterocycles. The standard InChI is InChI=1S/C20H25NO5/c1-5-14-7-6-8-16(9-14)26-13-19(22)21-12-15-10-17(23-2)20(25-4)18(11-15)24-3/h6-11H,5,12-13H2,1-4H3,(H,21,22). The van der Waals surface area contributed by atoms with Crippen molar-refractivity contribution in [3.8, 4) is 23.0 Å². The zero-order valence-corrected chi connectivity index (χ0v) is 15.6. The Hall–Kier alpha value is -2.89. The molecule has 0 saturated heterocycles. The number of hydrogen-bond donors (Lipinski definition) is 1. The lowest BCUT2D eigenvalue weighted by atomic mass is 10.1. The van der Waals surface area contributed by atoms with Crippen molar-refractivity contribution in [1.29, 1.82) is 0 Å². The normalized spacial score (nSPS) is 10.2. The summed E-state index contributed by atoms with van der Waals surface area (Å²) in [5, 5.41) is 2.82. The summed E-state index contributed by atoms with van der Waals surface area (Å²) in [4.78, 5) is 12.1. The van der Waals surface area contributed by atoms with Crippen LogP contribution in [0.5, 0.6) is 23.0 Å². The van der Waals surface area contributed by atoms with Gasteiger partial charge in [0, 0.05) is 6.54 Å². The maximum absolute atomic E-state index is 12.1. The first-order chi connectivity index (χ1) is 12.6. The van der Waals surface area contributed by atoms with Gasteiger partial charge in [-0.15, -0.1) is 0 Å². The molecule has 0 aliphatic carbocycles. The number of amides is 1. The smallest absolute Gasteiger partial charge is 0.258 e. The SMILES string of the molecule is CCc1cccc(OCC(=O)NCc2cc(OC)c(OC)c(OC)c2)c1. The molecule has 140 valence electrons. The molecular weight excluding hydrogens is 334 g/mol. The zero-order valence-electron chi connectivity index (χ0n) is 15.6. The number of aryl methyl sites for hydroxylation is 1. The van der Waals surface area contributed by atoms with Crippen LogP contribution in [-0.4, -0.2) is 33.8 Å². The van der Waals surface area contributed by atoms with E-state index in [1.165, 1.54) is 5.56 Å². The number of benzene rings is 2. The van der Waals surface area contributed by atoms with Gasteiger partial charge in [0.2, 0.25) is 5.75 Å². The fourth-order valence-corrected chi connectivity index (χ4v) is 2.49. The number of nitrogens with one attached hydrogen (secondary N) is 1. The molecule has 0 aliphatic heterocycles. The molecule has 0 spiro atoms. The van der Waals surface area contributed by atoms with E-state index >= 15 is 0 Å². The highest BCUT2D eigenvalue weighted by Gasteiger charge is 2.13. The molecule has 0 bridgehead atoms. The summed E-state index contributed by atoms with van der Waals surface area (Å²) < 4.78 is 21.5. The second-order valence-electron chi connectivity index (χ2n) is 5.60. The van der Waals surface area contributed by atoms with Crippen LogP contribution >= 0.6 is 0 Å². The first-order valence-electron chi connectivity index (χ1n) is 8.38. The summed E-state index contributed by atoms with van der Waals surface area (Å²) in [7, 11) is 4.66. The van der Waals surface area contributed by atoms with Gasteiger partial charge in [-0.25, -0.2) is 0 Å². The van der Waals surface area contributed by atoms with Crippen molar-refractivity contribution in [2.45, 2.75) is 19.9 Å². The van der Waals surface area contributed by atoms with Crippen molar-refractivity contribution in [3.05, 3.63) is 47.5 Å². The van der Waals surface area contributed by atoms with Crippen LogP contribution in [0.15, 0.2) is 36.4 Å². The molecule has 0 fully saturated rings. The van der Waals surface area contributed by atoms with Crippen LogP contribution in [0, 0.1) is 0 Å². The minimum atomic E-state index is -0.208. The molecule has 2 rings (SSSR count). The fraction of sp³-hybridized carbons (Fsp3) is 0.350. The highest BCUT2D eigenvalue weighted by molar-refractivity contribution is 5.77. The highest BCUT2D eigenvalue weighted by atomic mass is 16.5. The third-order valence-corrected chi connectivity index (χ3v) is 3.89. The van der Waals surface area contributed by atoms with Gasteiger partial charge >= 0.3 is 0 Å². The van der Waals surface area contributed by atoms with Gasteiger partial charge in [0.25, 0.3) is 5.91 Å². The lowest BCUT2D eigenvalue weighted by Gasteiger charge is -2.14. The molecule has 0 aromatic heterocycles. The Labute approximate surface area is 154 Å². The van der Waals surface area contributed by atoms with Crippen LogP contribution in [-0.2, 0) is 17.8 Å². The van der Waals surface area contributed by atoms with E-state index in [-0.39, 0.29) is 12.5 Å². The summed E-state index contributed by atoms with van der Waals surface area (Å²) in [5.74, 6) is 2.09. The lowest BCUT2D eigenvalue weighted by molar-refractivity contribution is -0.123. The van der Waals surface area contributed by atoms with E-state index in [1.54, 1.807) is 33.5 Å². The molecule has 26 heavy (non-hydrogen) atoms. The van der Waals surface area contributed by atoms with E-state index < -0.39 is 0 Å². The number of carbonyl (C=O) groups excluding carboxylic acids is 1. The summed E-state index contributed by atoms with van der Waals surface area (Å²) in [6.07, 6.45) is 0.921. The minimum Gasteiger partial charge on any atom is -0.493 e. The molecule has 2 aromatic rings. The van der Waals surface area contributed by atoms with E-state index in [1.807, 2.05) is 24.3 Å². The maximum atomic E-state index is 12.1. The molecule has 0 aliphatic rings. The number of ether oxygens (including phenoxy) is 4. The van der Waals surface area contributed by atoms with Gasteiger partial charge in [0.05, 0.1) is 21.3 Å². The van der Waals surface area contributed by atoms with Crippen LogP contribution in [0.3, 0.4) is 0 Å². The molecule has 0 saturated carbocycles. The van der Waals surface area contributed by atoms with Crippen molar-refractivity contribution in [2.24, 2.45) is 0 Å². The molecule has 0 radical (unpaired) electrons. The van der Waals surface area contributed by atoms with Gasteiger partial charge in [-0.3, -0.25) is 4.79 Å². The Morgan fingerprint density at radius 3 is 2.23 bits per heavy atom. The van der Waals surface area contributed by atoms with E-state index in [9.17, 15) is 4.79 Å². The molecule has 6 heteroatoms. The number of carbonyl (C=O) groups is 1. The van der Waals surface area contributed by atoms with Gasteiger partial charge in [-0.1, -0.05) is 19.1 Å². The molecule has 1 N–H and O–H groups in total. The Morgan fingerprint density at radius 2 is 1.65 bits per heavy atom. The van der Waals surface area contributed by atoms with Gasteiger partial charge < -0.3 is 24.3 Å². The molecule has 6 nitrogen and oxygen atoms in total. The molecular formula is C20H25NO5. The quantitative estimate of drug-likeness (QED) is 0.746. The van der Waals surface area contributed by atoms with Crippen LogP contribution < -0.4 is 24.3 Å². The minimum absolute atomic E-state index is 0.0441. The topological polar surface area (TPSA) is 66.0 Å². The first kappa shape index (κ1) is 19.4. The maximum Gasteiger partial charge on any atom is 0.258 e. The van der Waals surface area contributed by atoms with E-state index in [4.69, 9.17) is 18.9 Å². The second-order valence-corrected chi connectivity index (χ2v) is 5.60. The van der Waals surface area contributed by atoms with Gasteiger partial charge in [0.1, 0.15) is 5.75 Å². The Balaban J connectivity index is 1.94. The van der Waals surface area contributed by atoms with Gasteiger partial charge in [-0.2, -0.15) is 0 Å². The van der Waals surface area contributed by atoms with Crippen LogP contribution in [0.1, 0.15) is 18.1 Å². The summed E-state index contributed by atoms with van der Waals surface area (Å²) >= 11 is 0. The molecule has 2 aromatic carbocycles. The number of hydrogen-bond acceptors (Lipinski definition) is 5. The van der Waals surface area contributed by atoms with Crippen LogP contribution in [0.25, 0.3) is 0 Å². The molecule has 0 unspecified atom stereocenters. The van der Waals surface area contributed by atoms with Crippen molar-refractivity contribution in [3.63, 3.8) is 0 Å². The lowest BCUT2D eigenvalue weighted by Crippen LogP contribution is -2.28. The van der Waals surface area contributed by atoms with Gasteiger partial charge in [0.15, 0.2) is 18.1 Å².